The Morgan fingerprint density at radius 3 is 2.30 bits per heavy atom. The molecule has 2 aromatic rings. The number of piperidine rings is 1. The SMILES string of the molecule is COc1cc(-c2cc(CN3CCC(C=O)CC3)ccn2)cc(OC)c1OC. The molecule has 2 heterocycles. The summed E-state index contributed by atoms with van der Waals surface area (Å²) in [5, 5.41) is 0. The van der Waals surface area contributed by atoms with Crippen LogP contribution in [0.3, 0.4) is 0 Å². The van der Waals surface area contributed by atoms with Crippen LogP contribution < -0.4 is 14.2 Å². The van der Waals surface area contributed by atoms with Crippen molar-refractivity contribution in [3.05, 3.63) is 36.0 Å². The standard InChI is InChI=1S/C21H26N2O4/c1-25-19-11-17(12-20(26-2)21(19)27-3)18-10-16(4-7-22-18)13-23-8-5-15(14-24)6-9-23/h4,7,10-12,14-15H,5-6,8-9,13H2,1-3H3. The van der Waals surface area contributed by atoms with E-state index in [9.17, 15) is 4.79 Å². The summed E-state index contributed by atoms with van der Waals surface area (Å²) >= 11 is 0. The summed E-state index contributed by atoms with van der Waals surface area (Å²) < 4.78 is 16.3. The Balaban J connectivity index is 1.82. The molecule has 1 aliphatic heterocycles. The second kappa shape index (κ2) is 8.86. The predicted molar refractivity (Wildman–Crippen MR) is 103 cm³/mol. The van der Waals surface area contributed by atoms with Crippen LogP contribution in [0.15, 0.2) is 30.5 Å². The monoisotopic (exact) mass is 370 g/mol. The molecule has 144 valence electrons. The molecule has 1 aliphatic rings. The molecule has 6 nitrogen and oxygen atoms in total. The van der Waals surface area contributed by atoms with Gasteiger partial charge in [-0.1, -0.05) is 0 Å². The minimum Gasteiger partial charge on any atom is -0.493 e. The first-order chi connectivity index (χ1) is 13.2. The Morgan fingerprint density at radius 1 is 1.07 bits per heavy atom. The number of hydrogen-bond acceptors (Lipinski definition) is 6. The van der Waals surface area contributed by atoms with E-state index in [1.165, 1.54) is 5.56 Å². The maximum Gasteiger partial charge on any atom is 0.203 e. The van der Waals surface area contributed by atoms with E-state index in [0.717, 1.165) is 50.0 Å². The molecule has 0 atom stereocenters. The van der Waals surface area contributed by atoms with Gasteiger partial charge in [-0.25, -0.2) is 0 Å². The zero-order valence-electron chi connectivity index (χ0n) is 16.1. The summed E-state index contributed by atoms with van der Waals surface area (Å²) in [6.07, 6.45) is 4.79. The molecule has 6 heteroatoms. The lowest BCUT2D eigenvalue weighted by Crippen LogP contribution is -2.33. The van der Waals surface area contributed by atoms with Gasteiger partial charge in [0, 0.05) is 24.2 Å². The van der Waals surface area contributed by atoms with Gasteiger partial charge in [0.15, 0.2) is 11.5 Å². The van der Waals surface area contributed by atoms with E-state index < -0.39 is 0 Å². The van der Waals surface area contributed by atoms with Gasteiger partial charge in [0.05, 0.1) is 27.0 Å². The number of hydrogen-bond donors (Lipinski definition) is 0. The maximum atomic E-state index is 10.9. The fraction of sp³-hybridized carbons (Fsp3) is 0.429. The quantitative estimate of drug-likeness (QED) is 0.698. The molecule has 0 spiro atoms. The Morgan fingerprint density at radius 2 is 1.74 bits per heavy atom. The van der Waals surface area contributed by atoms with E-state index in [-0.39, 0.29) is 5.92 Å². The topological polar surface area (TPSA) is 60.9 Å². The molecule has 1 aromatic heterocycles. The second-order valence-corrected chi connectivity index (χ2v) is 6.71. The molecule has 0 aliphatic carbocycles. The van der Waals surface area contributed by atoms with E-state index in [2.05, 4.69) is 16.0 Å². The highest BCUT2D eigenvalue weighted by molar-refractivity contribution is 5.69. The van der Waals surface area contributed by atoms with Gasteiger partial charge in [-0.3, -0.25) is 9.88 Å². The fourth-order valence-corrected chi connectivity index (χ4v) is 3.46. The molecule has 3 rings (SSSR count). The van der Waals surface area contributed by atoms with Crippen LogP contribution in [0.4, 0.5) is 0 Å². The molecule has 0 bridgehead atoms. The van der Waals surface area contributed by atoms with Crippen molar-refractivity contribution in [2.75, 3.05) is 34.4 Å². The lowest BCUT2D eigenvalue weighted by atomic mass is 9.98. The predicted octanol–water partition coefficient (Wildman–Crippen LogP) is 3.19. The number of aldehydes is 1. The summed E-state index contributed by atoms with van der Waals surface area (Å²) in [6.45, 7) is 2.75. The molecular weight excluding hydrogens is 344 g/mol. The molecule has 1 aromatic carbocycles. The number of rotatable bonds is 7. The van der Waals surface area contributed by atoms with Crippen LogP contribution in [0, 0.1) is 5.92 Å². The first-order valence-electron chi connectivity index (χ1n) is 9.11. The first kappa shape index (κ1) is 19.2. The number of ether oxygens (including phenoxy) is 3. The number of aromatic nitrogens is 1. The minimum atomic E-state index is 0.216. The first-order valence-corrected chi connectivity index (χ1v) is 9.11. The van der Waals surface area contributed by atoms with Gasteiger partial charge in [-0.2, -0.15) is 0 Å². The highest BCUT2D eigenvalue weighted by Crippen LogP contribution is 2.40. The van der Waals surface area contributed by atoms with Crippen molar-refractivity contribution >= 4 is 6.29 Å². The van der Waals surface area contributed by atoms with Crippen LogP contribution in [0.25, 0.3) is 11.3 Å². The van der Waals surface area contributed by atoms with E-state index in [1.807, 2.05) is 24.4 Å². The molecule has 1 saturated heterocycles. The van der Waals surface area contributed by atoms with Gasteiger partial charge in [0.1, 0.15) is 6.29 Å². The zero-order chi connectivity index (χ0) is 19.2. The van der Waals surface area contributed by atoms with Crippen molar-refractivity contribution in [3.63, 3.8) is 0 Å². The average molecular weight is 370 g/mol. The number of pyridine rings is 1. The Bertz CT molecular complexity index is 760. The summed E-state index contributed by atoms with van der Waals surface area (Å²) in [5.74, 6) is 2.00. The zero-order valence-corrected chi connectivity index (χ0v) is 16.1. The Hall–Kier alpha value is -2.60. The lowest BCUT2D eigenvalue weighted by Gasteiger charge is -2.29. The number of nitrogens with zero attached hydrogens (tertiary/aromatic N) is 2. The molecule has 1 fully saturated rings. The largest absolute Gasteiger partial charge is 0.493 e. The normalized spacial score (nSPS) is 15.4. The third-order valence-electron chi connectivity index (χ3n) is 5.02. The third-order valence-corrected chi connectivity index (χ3v) is 5.02. The summed E-state index contributed by atoms with van der Waals surface area (Å²) in [5.41, 5.74) is 2.96. The van der Waals surface area contributed by atoms with Crippen molar-refractivity contribution in [2.24, 2.45) is 5.92 Å². The minimum absolute atomic E-state index is 0.216. The van der Waals surface area contributed by atoms with E-state index in [4.69, 9.17) is 14.2 Å². The molecule has 0 saturated carbocycles. The Labute approximate surface area is 160 Å². The maximum absolute atomic E-state index is 10.9. The van der Waals surface area contributed by atoms with E-state index in [0.29, 0.717) is 17.2 Å². The number of methoxy groups -OCH3 is 3. The summed E-state index contributed by atoms with van der Waals surface area (Å²) in [6, 6.07) is 7.94. The molecule has 0 amide bonds. The third kappa shape index (κ3) is 4.39. The smallest absolute Gasteiger partial charge is 0.203 e. The summed E-state index contributed by atoms with van der Waals surface area (Å²) in [7, 11) is 4.80. The summed E-state index contributed by atoms with van der Waals surface area (Å²) in [4.78, 5) is 17.8. The number of carbonyl (C=O) groups is 1. The highest BCUT2D eigenvalue weighted by atomic mass is 16.5. The van der Waals surface area contributed by atoms with Gasteiger partial charge >= 0.3 is 0 Å². The van der Waals surface area contributed by atoms with Crippen LogP contribution in [0.5, 0.6) is 17.2 Å². The second-order valence-electron chi connectivity index (χ2n) is 6.71. The Kier molecular flexibility index (Phi) is 6.29. The highest BCUT2D eigenvalue weighted by Gasteiger charge is 2.19. The van der Waals surface area contributed by atoms with E-state index >= 15 is 0 Å². The van der Waals surface area contributed by atoms with Crippen LogP contribution in [0.1, 0.15) is 18.4 Å². The average Bonchev–Trinajstić information content (AvgIpc) is 2.73. The van der Waals surface area contributed by atoms with Gasteiger partial charge < -0.3 is 19.0 Å². The van der Waals surface area contributed by atoms with E-state index in [1.54, 1.807) is 21.3 Å². The molecule has 0 N–H and O–H groups in total. The molecule has 0 unspecified atom stereocenters. The lowest BCUT2D eigenvalue weighted by molar-refractivity contribution is -0.112. The van der Waals surface area contributed by atoms with Crippen molar-refractivity contribution in [3.8, 4) is 28.5 Å². The molecule has 27 heavy (non-hydrogen) atoms. The van der Waals surface area contributed by atoms with Crippen molar-refractivity contribution < 1.29 is 19.0 Å². The van der Waals surface area contributed by atoms with Crippen LogP contribution in [0.2, 0.25) is 0 Å². The van der Waals surface area contributed by atoms with Crippen molar-refractivity contribution in [1.82, 2.24) is 9.88 Å². The van der Waals surface area contributed by atoms with Crippen molar-refractivity contribution in [1.29, 1.82) is 0 Å². The van der Waals surface area contributed by atoms with Crippen LogP contribution in [-0.4, -0.2) is 50.6 Å². The van der Waals surface area contributed by atoms with Crippen molar-refractivity contribution in [2.45, 2.75) is 19.4 Å². The molecule has 0 radical (unpaired) electrons. The number of benzene rings is 1. The molecular formula is C21H26N2O4. The number of carbonyl (C=O) groups excluding carboxylic acids is 1. The van der Waals surface area contributed by atoms with Crippen LogP contribution in [-0.2, 0) is 11.3 Å². The van der Waals surface area contributed by atoms with Gasteiger partial charge in [-0.15, -0.1) is 0 Å². The fourth-order valence-electron chi connectivity index (χ4n) is 3.46. The van der Waals surface area contributed by atoms with Gasteiger partial charge in [-0.05, 0) is 55.8 Å². The van der Waals surface area contributed by atoms with Gasteiger partial charge in [0.2, 0.25) is 5.75 Å². The van der Waals surface area contributed by atoms with Crippen LogP contribution >= 0.6 is 0 Å². The van der Waals surface area contributed by atoms with Gasteiger partial charge in [0.25, 0.3) is 0 Å². The number of likely N-dealkylation sites (tertiary alicyclic amines) is 1.